The third kappa shape index (κ3) is 5.50. The van der Waals surface area contributed by atoms with Crippen LogP contribution in [0.5, 0.6) is 0 Å². The maximum absolute atomic E-state index is 8.01. The molecule has 2 rings (SSSR count). The third-order valence-electron chi connectivity index (χ3n) is 4.36. The molecule has 0 saturated carbocycles. The molecule has 2 aromatic rings. The van der Waals surface area contributed by atoms with Gasteiger partial charge in [0.15, 0.2) is 0 Å². The topological polar surface area (TPSA) is 53.1 Å². The van der Waals surface area contributed by atoms with Crippen molar-refractivity contribution in [1.82, 2.24) is 4.90 Å². The van der Waals surface area contributed by atoms with Gasteiger partial charge in [0.05, 0.1) is 5.84 Å². The van der Waals surface area contributed by atoms with E-state index >= 15 is 0 Å². The van der Waals surface area contributed by atoms with Gasteiger partial charge in [-0.25, -0.2) is 0 Å². The van der Waals surface area contributed by atoms with Gasteiger partial charge in [-0.15, -0.1) is 0 Å². The first kappa shape index (κ1) is 18.2. The molecule has 0 saturated heterocycles. The lowest BCUT2D eigenvalue weighted by Gasteiger charge is -2.35. The summed E-state index contributed by atoms with van der Waals surface area (Å²) < 4.78 is 0. The summed E-state index contributed by atoms with van der Waals surface area (Å²) in [5.74, 6) is 0.304. The fourth-order valence-corrected chi connectivity index (χ4v) is 2.97. The molecule has 0 spiro atoms. The van der Waals surface area contributed by atoms with Crippen LogP contribution in [0.25, 0.3) is 0 Å². The standard InChI is InChI=1S/C21H29N3/c1-21(2,3)19(20(22)23)16-24(14-17-10-6-4-7-11-17)15-18-12-8-5-9-13-18/h4-13,19H,14-16H2,1-3H3,(H3,22,23). The van der Waals surface area contributed by atoms with Gasteiger partial charge >= 0.3 is 0 Å². The van der Waals surface area contributed by atoms with Crippen molar-refractivity contribution in [3.8, 4) is 0 Å². The quantitative estimate of drug-likeness (QED) is 0.590. The Bertz CT molecular complexity index is 588. The van der Waals surface area contributed by atoms with Gasteiger partial charge in [-0.05, 0) is 16.5 Å². The summed E-state index contributed by atoms with van der Waals surface area (Å²) >= 11 is 0. The molecule has 128 valence electrons. The summed E-state index contributed by atoms with van der Waals surface area (Å²) in [5.41, 5.74) is 8.45. The second-order valence-electron chi connectivity index (χ2n) is 7.51. The summed E-state index contributed by atoms with van der Waals surface area (Å²) in [6, 6.07) is 21.0. The van der Waals surface area contributed by atoms with Crippen molar-refractivity contribution in [2.24, 2.45) is 17.1 Å². The maximum atomic E-state index is 8.01. The number of rotatable bonds is 7. The van der Waals surface area contributed by atoms with Crippen LogP contribution in [-0.2, 0) is 13.1 Å². The number of hydrogen-bond donors (Lipinski definition) is 2. The van der Waals surface area contributed by atoms with Crippen LogP contribution in [0.1, 0.15) is 31.9 Å². The molecular formula is C21H29N3. The van der Waals surface area contributed by atoms with Crippen molar-refractivity contribution in [3.63, 3.8) is 0 Å². The smallest absolute Gasteiger partial charge is 0.0955 e. The second-order valence-corrected chi connectivity index (χ2v) is 7.51. The largest absolute Gasteiger partial charge is 0.387 e. The van der Waals surface area contributed by atoms with E-state index in [0.717, 1.165) is 19.6 Å². The predicted molar refractivity (Wildman–Crippen MR) is 102 cm³/mol. The first-order valence-electron chi connectivity index (χ1n) is 8.50. The number of amidine groups is 1. The van der Waals surface area contributed by atoms with Crippen molar-refractivity contribution in [1.29, 1.82) is 5.41 Å². The highest BCUT2D eigenvalue weighted by atomic mass is 15.1. The van der Waals surface area contributed by atoms with Crippen LogP contribution in [-0.4, -0.2) is 17.3 Å². The number of nitrogens with one attached hydrogen (secondary N) is 1. The molecule has 0 aliphatic heterocycles. The molecule has 1 atom stereocenters. The second kappa shape index (κ2) is 8.11. The third-order valence-corrected chi connectivity index (χ3v) is 4.36. The average Bonchev–Trinajstić information content (AvgIpc) is 2.53. The number of benzene rings is 2. The van der Waals surface area contributed by atoms with Crippen molar-refractivity contribution in [2.45, 2.75) is 33.9 Å². The Morgan fingerprint density at radius 1 is 0.917 bits per heavy atom. The lowest BCUT2D eigenvalue weighted by Crippen LogP contribution is -2.42. The van der Waals surface area contributed by atoms with Gasteiger partial charge in [0, 0.05) is 25.6 Å². The van der Waals surface area contributed by atoms with Gasteiger partial charge in [0.2, 0.25) is 0 Å². The number of nitrogens with zero attached hydrogens (tertiary/aromatic N) is 1. The van der Waals surface area contributed by atoms with Crippen LogP contribution in [0.2, 0.25) is 0 Å². The fraction of sp³-hybridized carbons (Fsp3) is 0.381. The van der Waals surface area contributed by atoms with E-state index in [1.54, 1.807) is 0 Å². The molecule has 2 aromatic carbocycles. The van der Waals surface area contributed by atoms with E-state index in [1.807, 2.05) is 12.1 Å². The Morgan fingerprint density at radius 2 is 1.33 bits per heavy atom. The lowest BCUT2D eigenvalue weighted by molar-refractivity contribution is 0.177. The predicted octanol–water partition coefficient (Wildman–Crippen LogP) is 4.29. The van der Waals surface area contributed by atoms with E-state index in [4.69, 9.17) is 11.1 Å². The van der Waals surface area contributed by atoms with Crippen molar-refractivity contribution >= 4 is 5.84 Å². The minimum Gasteiger partial charge on any atom is -0.387 e. The highest BCUT2D eigenvalue weighted by molar-refractivity contribution is 5.80. The summed E-state index contributed by atoms with van der Waals surface area (Å²) in [5, 5.41) is 8.01. The van der Waals surface area contributed by atoms with Crippen LogP contribution in [0.3, 0.4) is 0 Å². The van der Waals surface area contributed by atoms with Gasteiger partial charge in [0.25, 0.3) is 0 Å². The summed E-state index contributed by atoms with van der Waals surface area (Å²) in [6.07, 6.45) is 0. The molecule has 0 aromatic heterocycles. The van der Waals surface area contributed by atoms with E-state index in [1.165, 1.54) is 11.1 Å². The maximum Gasteiger partial charge on any atom is 0.0955 e. The first-order valence-corrected chi connectivity index (χ1v) is 8.50. The van der Waals surface area contributed by atoms with Crippen molar-refractivity contribution in [2.75, 3.05) is 6.54 Å². The molecule has 3 nitrogen and oxygen atoms in total. The van der Waals surface area contributed by atoms with Crippen LogP contribution in [0.15, 0.2) is 60.7 Å². The highest BCUT2D eigenvalue weighted by Gasteiger charge is 2.29. The molecule has 0 fully saturated rings. The zero-order valence-corrected chi connectivity index (χ0v) is 15.0. The lowest BCUT2D eigenvalue weighted by atomic mass is 9.79. The molecule has 3 N–H and O–H groups in total. The van der Waals surface area contributed by atoms with E-state index in [-0.39, 0.29) is 17.2 Å². The molecule has 1 unspecified atom stereocenters. The molecule has 0 bridgehead atoms. The van der Waals surface area contributed by atoms with E-state index in [0.29, 0.717) is 0 Å². The normalized spacial score (nSPS) is 13.0. The molecule has 0 amide bonds. The Hall–Kier alpha value is -2.13. The monoisotopic (exact) mass is 323 g/mol. The van der Waals surface area contributed by atoms with Crippen LogP contribution >= 0.6 is 0 Å². The Balaban J connectivity index is 2.19. The van der Waals surface area contributed by atoms with E-state index < -0.39 is 0 Å². The van der Waals surface area contributed by atoms with Gasteiger partial charge in [-0.2, -0.15) is 0 Å². The highest BCUT2D eigenvalue weighted by Crippen LogP contribution is 2.27. The van der Waals surface area contributed by atoms with Crippen LogP contribution in [0, 0.1) is 16.7 Å². The SMILES string of the molecule is CC(C)(C)C(CN(Cc1ccccc1)Cc1ccccc1)C(=N)N. The number of nitrogens with two attached hydrogens (primary N) is 1. The zero-order chi connectivity index (χ0) is 17.6. The van der Waals surface area contributed by atoms with Crippen molar-refractivity contribution < 1.29 is 0 Å². The Labute approximate surface area is 146 Å². The molecule has 0 aliphatic rings. The minimum absolute atomic E-state index is 0.0303. The van der Waals surface area contributed by atoms with Crippen LogP contribution in [0.4, 0.5) is 0 Å². The molecular weight excluding hydrogens is 294 g/mol. The minimum atomic E-state index is -0.0303. The molecule has 0 radical (unpaired) electrons. The van der Waals surface area contributed by atoms with E-state index in [9.17, 15) is 0 Å². The zero-order valence-electron chi connectivity index (χ0n) is 15.0. The van der Waals surface area contributed by atoms with Gasteiger partial charge < -0.3 is 5.73 Å². The summed E-state index contributed by atoms with van der Waals surface area (Å²) in [4.78, 5) is 2.39. The average molecular weight is 323 g/mol. The Morgan fingerprint density at radius 3 is 1.67 bits per heavy atom. The summed E-state index contributed by atoms with van der Waals surface area (Å²) in [7, 11) is 0. The van der Waals surface area contributed by atoms with E-state index in [2.05, 4.69) is 74.2 Å². The number of hydrogen-bond acceptors (Lipinski definition) is 2. The van der Waals surface area contributed by atoms with Gasteiger partial charge in [-0.1, -0.05) is 81.4 Å². The molecule has 0 heterocycles. The molecule has 24 heavy (non-hydrogen) atoms. The Kier molecular flexibility index (Phi) is 6.16. The van der Waals surface area contributed by atoms with Gasteiger partial charge in [0.1, 0.15) is 0 Å². The first-order chi connectivity index (χ1) is 11.4. The fourth-order valence-electron chi connectivity index (χ4n) is 2.97. The van der Waals surface area contributed by atoms with Crippen molar-refractivity contribution in [3.05, 3.63) is 71.8 Å². The molecule has 0 aliphatic carbocycles. The molecule has 3 heteroatoms. The summed E-state index contributed by atoms with van der Waals surface area (Å²) in [6.45, 7) is 8.96. The van der Waals surface area contributed by atoms with Gasteiger partial charge in [-0.3, -0.25) is 10.3 Å². The van der Waals surface area contributed by atoms with Crippen LogP contribution < -0.4 is 5.73 Å².